The molecule has 0 spiro atoms. The van der Waals surface area contributed by atoms with Crippen LogP contribution < -0.4 is 10.9 Å². The molecular weight excluding hydrogens is 316 g/mol. The number of aromatic nitrogens is 1. The standard InChI is InChI=1S/C16H22N2O4S/c1-3-4-5-6-7-8-9-17-16-18-13-11(15(21)22-16)10(2)12(23-13)14(19)20/h3-9H2,1-2H3,(H,17,18)(H,19,20). The van der Waals surface area contributed by atoms with Crippen LogP contribution in [-0.2, 0) is 0 Å². The van der Waals surface area contributed by atoms with Gasteiger partial charge < -0.3 is 14.8 Å². The molecule has 2 N–H and O–H groups in total. The van der Waals surface area contributed by atoms with Gasteiger partial charge in [0.05, 0.1) is 0 Å². The van der Waals surface area contributed by atoms with Gasteiger partial charge in [0.2, 0.25) is 0 Å². The molecule has 2 aromatic heterocycles. The Bertz CT molecular complexity index is 735. The van der Waals surface area contributed by atoms with E-state index in [9.17, 15) is 9.59 Å². The van der Waals surface area contributed by atoms with Gasteiger partial charge in [-0.05, 0) is 18.9 Å². The summed E-state index contributed by atoms with van der Waals surface area (Å²) in [5.74, 6) is -1.05. The summed E-state index contributed by atoms with van der Waals surface area (Å²) >= 11 is 1.00. The first kappa shape index (κ1) is 17.5. The zero-order chi connectivity index (χ0) is 16.8. The van der Waals surface area contributed by atoms with Gasteiger partial charge in [-0.1, -0.05) is 39.0 Å². The molecule has 2 rings (SSSR count). The molecule has 0 aliphatic rings. The van der Waals surface area contributed by atoms with Crippen molar-refractivity contribution in [1.29, 1.82) is 0 Å². The predicted octanol–water partition coefficient (Wildman–Crippen LogP) is 4.03. The Labute approximate surface area is 138 Å². The predicted molar refractivity (Wildman–Crippen MR) is 91.7 cm³/mol. The Kier molecular flexibility index (Phi) is 6.15. The number of thiophene rings is 1. The van der Waals surface area contributed by atoms with Gasteiger partial charge >= 0.3 is 11.6 Å². The minimum atomic E-state index is -1.05. The number of aryl methyl sites for hydroxylation is 1. The normalized spacial score (nSPS) is 11.0. The Morgan fingerprint density at radius 1 is 1.26 bits per heavy atom. The molecule has 126 valence electrons. The van der Waals surface area contributed by atoms with Crippen LogP contribution >= 0.6 is 11.3 Å². The van der Waals surface area contributed by atoms with E-state index in [2.05, 4.69) is 17.2 Å². The van der Waals surface area contributed by atoms with Gasteiger partial charge in [0.15, 0.2) is 0 Å². The van der Waals surface area contributed by atoms with Crippen molar-refractivity contribution in [2.24, 2.45) is 0 Å². The molecule has 7 heteroatoms. The van der Waals surface area contributed by atoms with Gasteiger partial charge in [0.1, 0.15) is 15.1 Å². The molecule has 0 saturated heterocycles. The van der Waals surface area contributed by atoms with Crippen molar-refractivity contribution in [3.8, 4) is 0 Å². The van der Waals surface area contributed by atoms with E-state index in [1.54, 1.807) is 6.92 Å². The largest absolute Gasteiger partial charge is 0.477 e. The van der Waals surface area contributed by atoms with Gasteiger partial charge in [0.25, 0.3) is 6.01 Å². The van der Waals surface area contributed by atoms with Crippen molar-refractivity contribution in [3.05, 3.63) is 20.9 Å². The summed E-state index contributed by atoms with van der Waals surface area (Å²) in [5, 5.41) is 12.4. The maximum atomic E-state index is 12.0. The molecule has 0 amide bonds. The highest BCUT2D eigenvalue weighted by atomic mass is 32.1. The molecule has 2 heterocycles. The first-order valence-electron chi connectivity index (χ1n) is 7.96. The smallest absolute Gasteiger partial charge is 0.349 e. The van der Waals surface area contributed by atoms with Crippen LogP contribution in [0.3, 0.4) is 0 Å². The Balaban J connectivity index is 2.00. The van der Waals surface area contributed by atoms with E-state index in [4.69, 9.17) is 9.52 Å². The summed E-state index contributed by atoms with van der Waals surface area (Å²) < 4.78 is 5.15. The fraction of sp³-hybridized carbons (Fsp3) is 0.562. The van der Waals surface area contributed by atoms with Gasteiger partial charge in [0, 0.05) is 6.54 Å². The third-order valence-corrected chi connectivity index (χ3v) is 4.90. The number of nitrogens with zero attached hydrogens (tertiary/aromatic N) is 1. The summed E-state index contributed by atoms with van der Waals surface area (Å²) in [6, 6.07) is 0.161. The summed E-state index contributed by atoms with van der Waals surface area (Å²) in [6.45, 7) is 4.47. The van der Waals surface area contributed by atoms with Crippen LogP contribution in [0.5, 0.6) is 0 Å². The highest BCUT2D eigenvalue weighted by molar-refractivity contribution is 7.20. The lowest BCUT2D eigenvalue weighted by Crippen LogP contribution is -2.08. The molecule has 0 fully saturated rings. The van der Waals surface area contributed by atoms with Gasteiger partial charge in [-0.3, -0.25) is 0 Å². The van der Waals surface area contributed by atoms with Gasteiger partial charge in [-0.25, -0.2) is 9.59 Å². The van der Waals surface area contributed by atoms with E-state index in [-0.39, 0.29) is 16.3 Å². The van der Waals surface area contributed by atoms with Gasteiger partial charge in [-0.2, -0.15) is 4.98 Å². The van der Waals surface area contributed by atoms with E-state index in [0.29, 0.717) is 16.9 Å². The van der Waals surface area contributed by atoms with Crippen molar-refractivity contribution in [2.75, 3.05) is 11.9 Å². The Hall–Kier alpha value is -1.89. The molecule has 0 saturated carbocycles. The Morgan fingerprint density at radius 2 is 1.96 bits per heavy atom. The monoisotopic (exact) mass is 338 g/mol. The highest BCUT2D eigenvalue weighted by Gasteiger charge is 2.19. The third-order valence-electron chi connectivity index (χ3n) is 3.73. The lowest BCUT2D eigenvalue weighted by molar-refractivity contribution is 0.0701. The minimum absolute atomic E-state index is 0.132. The molecule has 0 aromatic carbocycles. The molecule has 0 atom stereocenters. The van der Waals surface area contributed by atoms with Crippen molar-refractivity contribution < 1.29 is 14.3 Å². The molecule has 0 radical (unpaired) electrons. The van der Waals surface area contributed by atoms with Crippen LogP contribution in [0.2, 0.25) is 0 Å². The van der Waals surface area contributed by atoms with E-state index in [1.807, 2.05) is 0 Å². The number of anilines is 1. The van der Waals surface area contributed by atoms with Crippen LogP contribution in [0.15, 0.2) is 9.21 Å². The molecule has 2 aromatic rings. The van der Waals surface area contributed by atoms with Crippen LogP contribution in [0.4, 0.5) is 6.01 Å². The number of carboxylic acid groups (broad SMARTS) is 1. The van der Waals surface area contributed by atoms with E-state index in [0.717, 1.165) is 24.2 Å². The number of aromatic carboxylic acids is 1. The fourth-order valence-corrected chi connectivity index (χ4v) is 3.45. The summed E-state index contributed by atoms with van der Waals surface area (Å²) in [5.41, 5.74) is -0.122. The second-order valence-electron chi connectivity index (χ2n) is 5.54. The maximum absolute atomic E-state index is 12.0. The van der Waals surface area contributed by atoms with Crippen LogP contribution in [0, 0.1) is 6.92 Å². The number of unbranched alkanes of at least 4 members (excludes halogenated alkanes) is 5. The summed E-state index contributed by atoms with van der Waals surface area (Å²) in [6.07, 6.45) is 7.06. The number of fused-ring (bicyclic) bond motifs is 1. The summed E-state index contributed by atoms with van der Waals surface area (Å²) in [7, 11) is 0. The number of hydrogen-bond acceptors (Lipinski definition) is 6. The number of hydrogen-bond donors (Lipinski definition) is 2. The van der Waals surface area contributed by atoms with E-state index >= 15 is 0 Å². The summed E-state index contributed by atoms with van der Waals surface area (Å²) in [4.78, 5) is 27.9. The Morgan fingerprint density at radius 3 is 2.65 bits per heavy atom. The number of carbonyl (C=O) groups is 1. The molecular formula is C16H22N2O4S. The highest BCUT2D eigenvalue weighted by Crippen LogP contribution is 2.27. The van der Waals surface area contributed by atoms with Crippen molar-refractivity contribution in [2.45, 2.75) is 52.4 Å². The zero-order valence-corrected chi connectivity index (χ0v) is 14.3. The number of carboxylic acids is 1. The topological polar surface area (TPSA) is 92.4 Å². The molecule has 6 nitrogen and oxygen atoms in total. The molecule has 0 aliphatic carbocycles. The van der Waals surface area contributed by atoms with Crippen molar-refractivity contribution >= 4 is 33.5 Å². The van der Waals surface area contributed by atoms with Crippen LogP contribution in [0.1, 0.15) is 60.7 Å². The SMILES string of the molecule is CCCCCCCCNc1nc2sc(C(=O)O)c(C)c2c(=O)o1. The fourth-order valence-electron chi connectivity index (χ4n) is 2.45. The lowest BCUT2D eigenvalue weighted by atomic mass is 10.1. The third kappa shape index (κ3) is 4.31. The number of nitrogens with one attached hydrogen (secondary N) is 1. The van der Waals surface area contributed by atoms with Crippen LogP contribution in [0.25, 0.3) is 10.2 Å². The lowest BCUT2D eigenvalue weighted by Gasteiger charge is -2.04. The van der Waals surface area contributed by atoms with Gasteiger partial charge in [-0.15, -0.1) is 11.3 Å². The van der Waals surface area contributed by atoms with E-state index in [1.165, 1.54) is 25.7 Å². The minimum Gasteiger partial charge on any atom is -0.477 e. The number of rotatable bonds is 9. The molecule has 23 heavy (non-hydrogen) atoms. The van der Waals surface area contributed by atoms with E-state index < -0.39 is 11.6 Å². The quantitative estimate of drug-likeness (QED) is 0.671. The second-order valence-corrected chi connectivity index (χ2v) is 6.54. The first-order valence-corrected chi connectivity index (χ1v) is 8.77. The zero-order valence-electron chi connectivity index (χ0n) is 13.5. The second kappa shape index (κ2) is 8.10. The maximum Gasteiger partial charge on any atom is 0.349 e. The average Bonchev–Trinajstić information content (AvgIpc) is 2.84. The molecule has 0 aliphatic heterocycles. The van der Waals surface area contributed by atoms with Crippen LogP contribution in [-0.4, -0.2) is 22.6 Å². The average molecular weight is 338 g/mol. The van der Waals surface area contributed by atoms with Crippen molar-refractivity contribution in [1.82, 2.24) is 4.98 Å². The molecule has 0 bridgehead atoms. The first-order chi connectivity index (χ1) is 11.0. The molecule has 0 unspecified atom stereocenters. The van der Waals surface area contributed by atoms with Crippen molar-refractivity contribution in [3.63, 3.8) is 0 Å².